The van der Waals surface area contributed by atoms with E-state index in [1.807, 2.05) is 17.0 Å². The summed E-state index contributed by atoms with van der Waals surface area (Å²) in [7, 11) is 2.07. The van der Waals surface area contributed by atoms with Crippen LogP contribution in [0.5, 0.6) is 0 Å². The molecular formula is C20H21ClFN7. The molecule has 2 aliphatic rings. The van der Waals surface area contributed by atoms with Crippen LogP contribution in [0.15, 0.2) is 30.7 Å². The van der Waals surface area contributed by atoms with Crippen molar-refractivity contribution in [3.05, 3.63) is 58.8 Å². The predicted octanol–water partition coefficient (Wildman–Crippen LogP) is 3.18. The number of piperidine rings is 1. The van der Waals surface area contributed by atoms with Crippen molar-refractivity contribution in [3.8, 4) is 5.69 Å². The van der Waals surface area contributed by atoms with E-state index in [1.165, 1.54) is 18.1 Å². The van der Waals surface area contributed by atoms with Crippen LogP contribution in [-0.2, 0) is 13.1 Å². The zero-order valence-electron chi connectivity index (χ0n) is 16.1. The van der Waals surface area contributed by atoms with Crippen molar-refractivity contribution in [3.63, 3.8) is 0 Å². The molecule has 0 unspecified atom stereocenters. The molecular weight excluding hydrogens is 393 g/mol. The van der Waals surface area contributed by atoms with Gasteiger partial charge in [-0.15, -0.1) is 10.2 Å². The number of aromatic nitrogens is 5. The van der Waals surface area contributed by atoms with Crippen LogP contribution in [0.3, 0.4) is 0 Å². The lowest BCUT2D eigenvalue weighted by Crippen LogP contribution is -2.35. The van der Waals surface area contributed by atoms with E-state index in [-0.39, 0.29) is 11.7 Å². The first kappa shape index (κ1) is 18.4. The number of nitrogens with zero attached hydrogens (tertiary/aromatic N) is 7. The molecule has 0 bridgehead atoms. The molecule has 7 nitrogen and oxygen atoms in total. The second-order valence-electron chi connectivity index (χ2n) is 7.71. The van der Waals surface area contributed by atoms with Gasteiger partial charge >= 0.3 is 0 Å². The number of benzene rings is 1. The summed E-state index contributed by atoms with van der Waals surface area (Å²) in [5, 5.41) is 9.80. The third-order valence-electron chi connectivity index (χ3n) is 5.70. The predicted molar refractivity (Wildman–Crippen MR) is 108 cm³/mol. The second kappa shape index (κ2) is 7.35. The highest BCUT2D eigenvalue weighted by Crippen LogP contribution is 2.34. The number of halogens is 2. The van der Waals surface area contributed by atoms with E-state index in [1.54, 1.807) is 0 Å². The van der Waals surface area contributed by atoms with Crippen LogP contribution in [0.25, 0.3) is 5.69 Å². The van der Waals surface area contributed by atoms with Crippen molar-refractivity contribution in [2.45, 2.75) is 31.8 Å². The molecule has 9 heteroatoms. The molecule has 0 saturated carbocycles. The maximum atomic E-state index is 14.0. The fourth-order valence-corrected chi connectivity index (χ4v) is 4.53. The largest absolute Gasteiger partial charge is 0.354 e. The monoisotopic (exact) mass is 413 g/mol. The third-order valence-corrected chi connectivity index (χ3v) is 5.93. The van der Waals surface area contributed by atoms with Gasteiger partial charge in [-0.3, -0.25) is 9.47 Å². The highest BCUT2D eigenvalue weighted by atomic mass is 35.5. The summed E-state index contributed by atoms with van der Waals surface area (Å²) in [6.45, 7) is 2.97. The first-order valence-electron chi connectivity index (χ1n) is 9.72. The van der Waals surface area contributed by atoms with Crippen LogP contribution in [-0.4, -0.2) is 49.8 Å². The fraction of sp³-hybridized carbons (Fsp3) is 0.400. The van der Waals surface area contributed by atoms with Gasteiger partial charge in [0.15, 0.2) is 17.5 Å². The summed E-state index contributed by atoms with van der Waals surface area (Å²) in [6, 6.07) is 5.99. The summed E-state index contributed by atoms with van der Waals surface area (Å²) < 4.78 is 16.2. The maximum Gasteiger partial charge on any atom is 0.183 e. The molecule has 0 amide bonds. The lowest BCUT2D eigenvalue weighted by Gasteiger charge is -2.32. The first-order chi connectivity index (χ1) is 14.1. The van der Waals surface area contributed by atoms with E-state index in [0.29, 0.717) is 18.9 Å². The van der Waals surface area contributed by atoms with Gasteiger partial charge in [0, 0.05) is 30.6 Å². The molecule has 29 heavy (non-hydrogen) atoms. The van der Waals surface area contributed by atoms with Crippen LogP contribution < -0.4 is 4.90 Å². The molecule has 0 spiro atoms. The topological polar surface area (TPSA) is 63.0 Å². The van der Waals surface area contributed by atoms with Gasteiger partial charge in [0.2, 0.25) is 0 Å². The molecule has 5 rings (SSSR count). The molecule has 1 fully saturated rings. The van der Waals surface area contributed by atoms with Crippen LogP contribution in [0.4, 0.5) is 10.2 Å². The summed E-state index contributed by atoms with van der Waals surface area (Å²) >= 11 is 6.25. The fourth-order valence-electron chi connectivity index (χ4n) is 4.33. The Balaban J connectivity index is 1.45. The van der Waals surface area contributed by atoms with Gasteiger partial charge in [-0.05, 0) is 43.7 Å². The average molecular weight is 414 g/mol. The van der Waals surface area contributed by atoms with E-state index in [0.717, 1.165) is 48.3 Å². The smallest absolute Gasteiger partial charge is 0.183 e. The molecule has 0 N–H and O–H groups in total. The van der Waals surface area contributed by atoms with E-state index in [4.69, 9.17) is 11.6 Å². The minimum Gasteiger partial charge on any atom is -0.354 e. The molecule has 0 radical (unpaired) electrons. The Morgan fingerprint density at radius 3 is 2.76 bits per heavy atom. The Morgan fingerprint density at radius 2 is 1.97 bits per heavy atom. The van der Waals surface area contributed by atoms with Gasteiger partial charge in [0.1, 0.15) is 12.2 Å². The maximum absolute atomic E-state index is 14.0. The quantitative estimate of drug-likeness (QED) is 0.643. The van der Waals surface area contributed by atoms with E-state index < -0.39 is 0 Å². The summed E-state index contributed by atoms with van der Waals surface area (Å²) in [5.74, 6) is 2.16. The van der Waals surface area contributed by atoms with Crippen molar-refractivity contribution in [2.75, 3.05) is 25.0 Å². The highest BCUT2D eigenvalue weighted by Gasteiger charge is 2.30. The van der Waals surface area contributed by atoms with Crippen molar-refractivity contribution < 1.29 is 4.39 Å². The minimum absolute atomic E-state index is 0.254. The average Bonchev–Trinajstić information content (AvgIpc) is 3.06. The molecule has 1 aromatic carbocycles. The second-order valence-corrected chi connectivity index (χ2v) is 8.15. The Hall–Kier alpha value is -2.58. The standard InChI is InChI=1S/C20H21ClFN7/c1-27-10-14-8-15(21)2-3-17(14)29-18(11-27)25-26-19(29)13-4-6-28(7-5-13)20-16(22)9-23-12-24-20/h2-3,8-9,12-13H,4-7,10-11H2,1H3. The molecule has 3 aromatic rings. The molecule has 1 saturated heterocycles. The van der Waals surface area contributed by atoms with Gasteiger partial charge < -0.3 is 4.90 Å². The zero-order valence-corrected chi connectivity index (χ0v) is 16.8. The van der Waals surface area contributed by atoms with Gasteiger partial charge in [-0.25, -0.2) is 14.4 Å². The van der Waals surface area contributed by atoms with Gasteiger partial charge in [-0.2, -0.15) is 0 Å². The Bertz CT molecular complexity index is 1050. The molecule has 2 aliphatic heterocycles. The molecule has 0 atom stereocenters. The van der Waals surface area contributed by atoms with Gasteiger partial charge in [0.25, 0.3) is 0 Å². The number of hydrogen-bond acceptors (Lipinski definition) is 6. The van der Waals surface area contributed by atoms with Crippen molar-refractivity contribution >= 4 is 17.4 Å². The van der Waals surface area contributed by atoms with Crippen molar-refractivity contribution in [1.82, 2.24) is 29.6 Å². The SMILES string of the molecule is CN1Cc2cc(Cl)ccc2-n2c(nnc2C2CCN(c3ncncc3F)CC2)C1. The van der Waals surface area contributed by atoms with Crippen LogP contribution in [0, 0.1) is 5.82 Å². The van der Waals surface area contributed by atoms with Gasteiger partial charge in [-0.1, -0.05) is 11.6 Å². The first-order valence-corrected chi connectivity index (χ1v) is 10.1. The third kappa shape index (κ3) is 3.36. The lowest BCUT2D eigenvalue weighted by atomic mass is 9.95. The van der Waals surface area contributed by atoms with E-state index in [2.05, 4.69) is 42.7 Å². The Kier molecular flexibility index (Phi) is 4.67. The highest BCUT2D eigenvalue weighted by molar-refractivity contribution is 6.30. The number of anilines is 1. The Morgan fingerprint density at radius 1 is 1.14 bits per heavy atom. The molecule has 4 heterocycles. The number of fused-ring (bicyclic) bond motifs is 3. The molecule has 0 aliphatic carbocycles. The summed E-state index contributed by atoms with van der Waals surface area (Å²) in [6.07, 6.45) is 4.33. The summed E-state index contributed by atoms with van der Waals surface area (Å²) in [4.78, 5) is 12.0. The summed E-state index contributed by atoms with van der Waals surface area (Å²) in [5.41, 5.74) is 2.26. The number of rotatable bonds is 2. The Labute approximate surface area is 173 Å². The number of hydrogen-bond donors (Lipinski definition) is 0. The van der Waals surface area contributed by atoms with Crippen LogP contribution in [0.2, 0.25) is 5.02 Å². The minimum atomic E-state index is -0.379. The van der Waals surface area contributed by atoms with Gasteiger partial charge in [0.05, 0.1) is 18.4 Å². The van der Waals surface area contributed by atoms with E-state index in [9.17, 15) is 4.39 Å². The molecule has 150 valence electrons. The lowest BCUT2D eigenvalue weighted by molar-refractivity contribution is 0.315. The van der Waals surface area contributed by atoms with Crippen LogP contribution in [0.1, 0.15) is 36.0 Å². The van der Waals surface area contributed by atoms with E-state index >= 15 is 0 Å². The zero-order chi connectivity index (χ0) is 20.0. The van der Waals surface area contributed by atoms with Crippen molar-refractivity contribution in [1.29, 1.82) is 0 Å². The van der Waals surface area contributed by atoms with Crippen LogP contribution >= 0.6 is 11.6 Å². The normalized spacial score (nSPS) is 17.7. The van der Waals surface area contributed by atoms with Crippen molar-refractivity contribution in [2.24, 2.45) is 0 Å². The molecule has 2 aromatic heterocycles.